The molecule has 1 aliphatic rings. The quantitative estimate of drug-likeness (QED) is 0.921. The molecule has 110 valence electrons. The zero-order chi connectivity index (χ0) is 14.6. The summed E-state index contributed by atoms with van der Waals surface area (Å²) in [7, 11) is 0. The topological polar surface area (TPSA) is 45.2 Å². The van der Waals surface area contributed by atoms with Gasteiger partial charge in [-0.2, -0.15) is 0 Å². The highest BCUT2D eigenvalue weighted by Gasteiger charge is 2.28. The molecule has 4 heteroatoms. The van der Waals surface area contributed by atoms with Crippen LogP contribution in [0.1, 0.15) is 45.2 Å². The Hall–Kier alpha value is -1.42. The molecule has 1 fully saturated rings. The second kappa shape index (κ2) is 6.35. The van der Waals surface area contributed by atoms with E-state index >= 15 is 0 Å². The van der Waals surface area contributed by atoms with Crippen LogP contribution in [0.5, 0.6) is 0 Å². The number of amides is 1. The van der Waals surface area contributed by atoms with Gasteiger partial charge in [0, 0.05) is 38.4 Å². The van der Waals surface area contributed by atoms with Gasteiger partial charge in [-0.1, -0.05) is 26.8 Å². The molecule has 1 amide bonds. The average Bonchev–Trinajstić information content (AvgIpc) is 2.45. The smallest absolute Gasteiger partial charge is 0.223 e. The van der Waals surface area contributed by atoms with E-state index in [0.29, 0.717) is 6.42 Å². The number of piperazine rings is 1. The lowest BCUT2D eigenvalue weighted by Crippen LogP contribution is -2.48. The van der Waals surface area contributed by atoms with E-state index in [0.717, 1.165) is 31.6 Å². The van der Waals surface area contributed by atoms with Gasteiger partial charge in [-0.25, -0.2) is 0 Å². The third kappa shape index (κ3) is 4.04. The van der Waals surface area contributed by atoms with Gasteiger partial charge >= 0.3 is 0 Å². The van der Waals surface area contributed by atoms with Crippen LogP contribution in [-0.4, -0.2) is 35.4 Å². The summed E-state index contributed by atoms with van der Waals surface area (Å²) in [6, 6.07) is 4.10. The first-order valence-electron chi connectivity index (χ1n) is 7.37. The number of carbonyl (C=O) groups excluding carboxylic acids is 1. The van der Waals surface area contributed by atoms with Gasteiger partial charge in [-0.05, 0) is 23.5 Å². The number of nitrogens with zero attached hydrogens (tertiary/aromatic N) is 2. The fourth-order valence-electron chi connectivity index (χ4n) is 2.50. The number of carbonyl (C=O) groups is 1. The Kier molecular flexibility index (Phi) is 4.76. The summed E-state index contributed by atoms with van der Waals surface area (Å²) < 4.78 is 0. The SMILES string of the molecule is CC(C)(C)CCC(=O)N1CCNCC1c1cccnc1. The Morgan fingerprint density at radius 3 is 2.95 bits per heavy atom. The van der Waals surface area contributed by atoms with Crippen molar-refractivity contribution in [2.24, 2.45) is 5.41 Å². The van der Waals surface area contributed by atoms with Crippen LogP contribution in [0.25, 0.3) is 0 Å². The molecule has 20 heavy (non-hydrogen) atoms. The standard InChI is InChI=1S/C16H25N3O/c1-16(2,3)7-6-15(20)19-10-9-18-12-14(19)13-5-4-8-17-11-13/h4-5,8,11,14,18H,6-7,9-10,12H2,1-3H3. The Balaban J connectivity index is 2.05. The number of pyridine rings is 1. The van der Waals surface area contributed by atoms with E-state index in [9.17, 15) is 4.79 Å². The van der Waals surface area contributed by atoms with E-state index in [2.05, 4.69) is 37.1 Å². The van der Waals surface area contributed by atoms with E-state index in [4.69, 9.17) is 0 Å². The van der Waals surface area contributed by atoms with Gasteiger partial charge in [0.15, 0.2) is 0 Å². The molecule has 1 unspecified atom stereocenters. The Morgan fingerprint density at radius 2 is 2.30 bits per heavy atom. The zero-order valence-electron chi connectivity index (χ0n) is 12.7. The van der Waals surface area contributed by atoms with Crippen LogP contribution in [0.4, 0.5) is 0 Å². The fraction of sp³-hybridized carbons (Fsp3) is 0.625. The average molecular weight is 275 g/mol. The second-order valence-corrected chi connectivity index (χ2v) is 6.65. The summed E-state index contributed by atoms with van der Waals surface area (Å²) >= 11 is 0. The molecule has 0 spiro atoms. The highest BCUT2D eigenvalue weighted by molar-refractivity contribution is 5.77. The molecule has 4 nitrogen and oxygen atoms in total. The van der Waals surface area contributed by atoms with Gasteiger partial charge in [0.05, 0.1) is 6.04 Å². The van der Waals surface area contributed by atoms with Gasteiger partial charge in [0.25, 0.3) is 0 Å². The van der Waals surface area contributed by atoms with E-state index in [1.54, 1.807) is 6.20 Å². The maximum Gasteiger partial charge on any atom is 0.223 e. The largest absolute Gasteiger partial charge is 0.333 e. The lowest BCUT2D eigenvalue weighted by atomic mass is 9.90. The van der Waals surface area contributed by atoms with Crippen LogP contribution in [-0.2, 0) is 4.79 Å². The molecule has 0 bridgehead atoms. The molecule has 1 aromatic heterocycles. The van der Waals surface area contributed by atoms with Crippen LogP contribution in [0.2, 0.25) is 0 Å². The van der Waals surface area contributed by atoms with Crippen molar-refractivity contribution >= 4 is 5.91 Å². The Bertz CT molecular complexity index is 439. The van der Waals surface area contributed by atoms with Gasteiger partial charge < -0.3 is 10.2 Å². The van der Waals surface area contributed by atoms with Crippen LogP contribution in [0, 0.1) is 5.41 Å². The minimum absolute atomic E-state index is 0.116. The normalized spacial score (nSPS) is 19.9. The zero-order valence-corrected chi connectivity index (χ0v) is 12.7. The summed E-state index contributed by atoms with van der Waals surface area (Å²) in [5.41, 5.74) is 1.32. The molecular formula is C16H25N3O. The highest BCUT2D eigenvalue weighted by Crippen LogP contribution is 2.25. The molecule has 1 aliphatic heterocycles. The van der Waals surface area contributed by atoms with E-state index in [1.807, 2.05) is 17.2 Å². The number of nitrogens with one attached hydrogen (secondary N) is 1. The Labute approximate surface area is 121 Å². The lowest BCUT2D eigenvalue weighted by molar-refractivity contribution is -0.135. The molecule has 1 aromatic rings. The molecule has 2 rings (SSSR count). The van der Waals surface area contributed by atoms with Crippen molar-refractivity contribution in [1.29, 1.82) is 0 Å². The molecule has 0 radical (unpaired) electrons. The van der Waals surface area contributed by atoms with Gasteiger partial charge in [0.1, 0.15) is 0 Å². The molecule has 1 saturated heterocycles. The predicted octanol–water partition coefficient (Wildman–Crippen LogP) is 2.38. The summed E-state index contributed by atoms with van der Waals surface area (Å²) in [4.78, 5) is 18.7. The first-order valence-corrected chi connectivity index (χ1v) is 7.37. The number of hydrogen-bond acceptors (Lipinski definition) is 3. The monoisotopic (exact) mass is 275 g/mol. The van der Waals surface area contributed by atoms with Crippen molar-refractivity contribution in [1.82, 2.24) is 15.2 Å². The minimum Gasteiger partial charge on any atom is -0.333 e. The molecular weight excluding hydrogens is 250 g/mol. The van der Waals surface area contributed by atoms with Crippen LogP contribution in [0.3, 0.4) is 0 Å². The Morgan fingerprint density at radius 1 is 1.50 bits per heavy atom. The van der Waals surface area contributed by atoms with Crippen LogP contribution >= 0.6 is 0 Å². The van der Waals surface area contributed by atoms with Crippen LogP contribution < -0.4 is 5.32 Å². The third-order valence-electron chi connectivity index (χ3n) is 3.72. The van der Waals surface area contributed by atoms with E-state index in [-0.39, 0.29) is 17.4 Å². The summed E-state index contributed by atoms with van der Waals surface area (Å²) in [5, 5.41) is 3.37. The molecule has 1 atom stereocenters. The summed E-state index contributed by atoms with van der Waals surface area (Å²) in [6.45, 7) is 9.00. The summed E-state index contributed by atoms with van der Waals surface area (Å²) in [6.07, 6.45) is 5.18. The molecule has 0 aromatic carbocycles. The number of hydrogen-bond donors (Lipinski definition) is 1. The number of rotatable bonds is 3. The van der Waals surface area contributed by atoms with Crippen molar-refractivity contribution in [2.45, 2.75) is 39.7 Å². The lowest BCUT2D eigenvalue weighted by Gasteiger charge is -2.37. The van der Waals surface area contributed by atoms with Crippen molar-refractivity contribution in [3.63, 3.8) is 0 Å². The maximum atomic E-state index is 12.5. The third-order valence-corrected chi connectivity index (χ3v) is 3.72. The molecule has 0 saturated carbocycles. The van der Waals surface area contributed by atoms with Crippen molar-refractivity contribution < 1.29 is 4.79 Å². The van der Waals surface area contributed by atoms with E-state index < -0.39 is 0 Å². The van der Waals surface area contributed by atoms with Crippen molar-refractivity contribution in [2.75, 3.05) is 19.6 Å². The minimum atomic E-state index is 0.116. The maximum absolute atomic E-state index is 12.5. The summed E-state index contributed by atoms with van der Waals surface area (Å²) in [5.74, 6) is 0.260. The molecule has 2 heterocycles. The highest BCUT2D eigenvalue weighted by atomic mass is 16.2. The first kappa shape index (κ1) is 15.0. The van der Waals surface area contributed by atoms with Gasteiger partial charge in [-0.15, -0.1) is 0 Å². The second-order valence-electron chi connectivity index (χ2n) is 6.65. The first-order chi connectivity index (χ1) is 9.47. The van der Waals surface area contributed by atoms with Crippen molar-refractivity contribution in [3.05, 3.63) is 30.1 Å². The van der Waals surface area contributed by atoms with Gasteiger partial charge in [0.2, 0.25) is 5.91 Å². The van der Waals surface area contributed by atoms with Crippen LogP contribution in [0.15, 0.2) is 24.5 Å². The molecule has 0 aliphatic carbocycles. The van der Waals surface area contributed by atoms with Crippen molar-refractivity contribution in [3.8, 4) is 0 Å². The van der Waals surface area contributed by atoms with Gasteiger partial charge in [-0.3, -0.25) is 9.78 Å². The predicted molar refractivity (Wildman–Crippen MR) is 80.2 cm³/mol. The fourth-order valence-corrected chi connectivity index (χ4v) is 2.50. The van der Waals surface area contributed by atoms with E-state index in [1.165, 1.54) is 0 Å². The molecule has 1 N–H and O–H groups in total. The number of aromatic nitrogens is 1.